The number of carbonyl (C=O) groups is 2. The topological polar surface area (TPSA) is 84.9 Å². The van der Waals surface area contributed by atoms with Crippen LogP contribution in [0.1, 0.15) is 12.8 Å². The molecule has 2 aliphatic heterocycles. The summed E-state index contributed by atoms with van der Waals surface area (Å²) in [5, 5.41) is 0. The van der Waals surface area contributed by atoms with Gasteiger partial charge in [-0.3, -0.25) is 9.69 Å². The van der Waals surface area contributed by atoms with Crippen LogP contribution in [0.2, 0.25) is 0 Å². The Morgan fingerprint density at radius 3 is 2.87 bits per heavy atom. The molecular weight excluding hydrogens is 307 g/mol. The first-order valence-electron chi connectivity index (χ1n) is 7.45. The smallest absolute Gasteiger partial charge is 0.410 e. The molecule has 2 saturated heterocycles. The molecule has 124 valence electrons. The Balaban J connectivity index is 1.54. The molecule has 2 fully saturated rings. The standard InChI is InChI=1S/C14H17FN4O4/c15-10-6-16-13(17-7-10)23-11-2-1-3-18(8-11)12(20)9-19-4-5-22-14(19)21/h6-7,11H,1-5,8-9H2/t11-/m1/s1. The van der Waals surface area contributed by atoms with Crippen molar-refractivity contribution in [1.82, 2.24) is 19.8 Å². The summed E-state index contributed by atoms with van der Waals surface area (Å²) < 4.78 is 23.2. The highest BCUT2D eigenvalue weighted by Crippen LogP contribution is 2.16. The van der Waals surface area contributed by atoms with E-state index in [-0.39, 0.29) is 24.6 Å². The molecule has 0 aliphatic carbocycles. The summed E-state index contributed by atoms with van der Waals surface area (Å²) in [6.45, 7) is 1.77. The lowest BCUT2D eigenvalue weighted by atomic mass is 10.1. The summed E-state index contributed by atoms with van der Waals surface area (Å²) in [6, 6.07) is 0.0915. The van der Waals surface area contributed by atoms with Gasteiger partial charge in [0.1, 0.15) is 19.3 Å². The van der Waals surface area contributed by atoms with E-state index in [0.29, 0.717) is 26.2 Å². The Bertz CT molecular complexity index is 583. The molecule has 0 N–H and O–H groups in total. The zero-order valence-corrected chi connectivity index (χ0v) is 12.5. The van der Waals surface area contributed by atoms with Gasteiger partial charge in [-0.25, -0.2) is 19.2 Å². The van der Waals surface area contributed by atoms with Crippen molar-refractivity contribution in [1.29, 1.82) is 0 Å². The van der Waals surface area contributed by atoms with E-state index in [1.807, 2.05) is 0 Å². The van der Waals surface area contributed by atoms with Crippen molar-refractivity contribution in [3.05, 3.63) is 18.2 Å². The lowest BCUT2D eigenvalue weighted by Gasteiger charge is -2.33. The predicted molar refractivity (Wildman–Crippen MR) is 75.1 cm³/mol. The summed E-state index contributed by atoms with van der Waals surface area (Å²) in [5.74, 6) is -0.674. The van der Waals surface area contributed by atoms with E-state index in [4.69, 9.17) is 9.47 Å². The molecular formula is C14H17FN4O4. The fourth-order valence-electron chi connectivity index (χ4n) is 2.60. The minimum atomic E-state index is -0.532. The van der Waals surface area contributed by atoms with Gasteiger partial charge in [0.05, 0.1) is 25.5 Å². The summed E-state index contributed by atoms with van der Waals surface area (Å²) in [5.41, 5.74) is 0. The zero-order valence-electron chi connectivity index (χ0n) is 12.5. The molecule has 1 atom stereocenters. The highest BCUT2D eigenvalue weighted by atomic mass is 19.1. The SMILES string of the molecule is O=C(CN1CCOC1=O)N1CCC[C@@H](Oc2ncc(F)cn2)C1. The number of rotatable bonds is 4. The first kappa shape index (κ1) is 15.4. The Morgan fingerprint density at radius 1 is 1.39 bits per heavy atom. The fraction of sp³-hybridized carbons (Fsp3) is 0.571. The van der Waals surface area contributed by atoms with Gasteiger partial charge in [0.2, 0.25) is 5.91 Å². The van der Waals surface area contributed by atoms with Gasteiger partial charge in [0.25, 0.3) is 0 Å². The molecule has 0 bridgehead atoms. The third-order valence-corrected chi connectivity index (χ3v) is 3.77. The number of nitrogens with zero attached hydrogens (tertiary/aromatic N) is 4. The molecule has 1 aromatic rings. The molecule has 1 aromatic heterocycles. The van der Waals surface area contributed by atoms with Gasteiger partial charge in [-0.1, -0.05) is 0 Å². The lowest BCUT2D eigenvalue weighted by Crippen LogP contribution is -2.48. The first-order valence-corrected chi connectivity index (χ1v) is 7.45. The third-order valence-electron chi connectivity index (χ3n) is 3.77. The summed E-state index contributed by atoms with van der Waals surface area (Å²) in [7, 11) is 0. The van der Waals surface area contributed by atoms with Crippen LogP contribution in [0.3, 0.4) is 0 Å². The van der Waals surface area contributed by atoms with Crippen LogP contribution in [0.5, 0.6) is 6.01 Å². The van der Waals surface area contributed by atoms with E-state index < -0.39 is 11.9 Å². The van der Waals surface area contributed by atoms with Crippen LogP contribution in [-0.4, -0.2) is 70.7 Å². The molecule has 0 unspecified atom stereocenters. The van der Waals surface area contributed by atoms with Crippen LogP contribution in [0.25, 0.3) is 0 Å². The number of carbonyl (C=O) groups excluding carboxylic acids is 2. The van der Waals surface area contributed by atoms with E-state index >= 15 is 0 Å². The maximum absolute atomic E-state index is 12.8. The highest BCUT2D eigenvalue weighted by Gasteiger charge is 2.30. The van der Waals surface area contributed by atoms with Crippen molar-refractivity contribution >= 4 is 12.0 Å². The maximum Gasteiger partial charge on any atom is 0.410 e. The highest BCUT2D eigenvalue weighted by molar-refractivity contribution is 5.83. The molecule has 2 aliphatic rings. The zero-order chi connectivity index (χ0) is 16.2. The number of likely N-dealkylation sites (tertiary alicyclic amines) is 1. The number of aromatic nitrogens is 2. The normalized spacial score (nSPS) is 21.3. The second kappa shape index (κ2) is 6.76. The Morgan fingerprint density at radius 2 is 2.17 bits per heavy atom. The second-order valence-electron chi connectivity index (χ2n) is 5.44. The van der Waals surface area contributed by atoms with E-state index in [2.05, 4.69) is 9.97 Å². The molecule has 9 heteroatoms. The van der Waals surface area contributed by atoms with Crippen LogP contribution in [-0.2, 0) is 9.53 Å². The van der Waals surface area contributed by atoms with Crippen molar-refractivity contribution < 1.29 is 23.5 Å². The third kappa shape index (κ3) is 3.85. The molecule has 23 heavy (non-hydrogen) atoms. The van der Waals surface area contributed by atoms with Gasteiger partial charge < -0.3 is 14.4 Å². The number of halogens is 1. The lowest BCUT2D eigenvalue weighted by molar-refractivity contribution is -0.134. The molecule has 0 radical (unpaired) electrons. The maximum atomic E-state index is 12.8. The summed E-state index contributed by atoms with van der Waals surface area (Å²) >= 11 is 0. The fourth-order valence-corrected chi connectivity index (χ4v) is 2.60. The van der Waals surface area contributed by atoms with Crippen molar-refractivity contribution in [2.45, 2.75) is 18.9 Å². The van der Waals surface area contributed by atoms with Gasteiger partial charge >= 0.3 is 12.1 Å². The number of hydrogen-bond acceptors (Lipinski definition) is 6. The predicted octanol–water partition coefficient (Wildman–Crippen LogP) is 0.438. The van der Waals surface area contributed by atoms with Crippen LogP contribution >= 0.6 is 0 Å². The van der Waals surface area contributed by atoms with Crippen LogP contribution in [0.15, 0.2) is 12.4 Å². The molecule has 3 heterocycles. The molecule has 8 nitrogen and oxygen atoms in total. The van der Waals surface area contributed by atoms with Gasteiger partial charge in [-0.15, -0.1) is 0 Å². The summed E-state index contributed by atoms with van der Waals surface area (Å²) in [6.07, 6.45) is 2.91. The largest absolute Gasteiger partial charge is 0.458 e. The average molecular weight is 324 g/mol. The van der Waals surface area contributed by atoms with Crippen LogP contribution in [0, 0.1) is 5.82 Å². The van der Waals surface area contributed by atoms with Crippen molar-refractivity contribution in [3.8, 4) is 6.01 Å². The average Bonchev–Trinajstić information content (AvgIpc) is 2.95. The van der Waals surface area contributed by atoms with E-state index in [0.717, 1.165) is 25.2 Å². The van der Waals surface area contributed by atoms with Gasteiger partial charge in [-0.05, 0) is 12.8 Å². The van der Waals surface area contributed by atoms with E-state index in [1.165, 1.54) is 4.90 Å². The van der Waals surface area contributed by atoms with Gasteiger partial charge in [-0.2, -0.15) is 0 Å². The minimum absolute atomic E-state index is 0.0125. The van der Waals surface area contributed by atoms with Crippen molar-refractivity contribution in [2.75, 3.05) is 32.8 Å². The quantitative estimate of drug-likeness (QED) is 0.799. The summed E-state index contributed by atoms with van der Waals surface area (Å²) in [4.78, 5) is 34.2. The van der Waals surface area contributed by atoms with Gasteiger partial charge in [0, 0.05) is 6.54 Å². The minimum Gasteiger partial charge on any atom is -0.458 e. The van der Waals surface area contributed by atoms with E-state index in [9.17, 15) is 14.0 Å². The first-order chi connectivity index (χ1) is 11.1. The van der Waals surface area contributed by atoms with Crippen molar-refractivity contribution in [3.63, 3.8) is 0 Å². The molecule has 0 aromatic carbocycles. The van der Waals surface area contributed by atoms with Crippen molar-refractivity contribution in [2.24, 2.45) is 0 Å². The number of cyclic esters (lactones) is 1. The monoisotopic (exact) mass is 324 g/mol. The van der Waals surface area contributed by atoms with E-state index in [1.54, 1.807) is 4.90 Å². The molecule has 2 amide bonds. The molecule has 0 spiro atoms. The Kier molecular flexibility index (Phi) is 4.54. The number of hydrogen-bond donors (Lipinski definition) is 0. The molecule has 0 saturated carbocycles. The molecule has 3 rings (SSSR count). The Labute approximate surface area is 132 Å². The number of ether oxygens (including phenoxy) is 2. The second-order valence-corrected chi connectivity index (χ2v) is 5.44. The Hall–Kier alpha value is -2.45. The number of amides is 2. The number of piperidine rings is 1. The van der Waals surface area contributed by atoms with Gasteiger partial charge in [0.15, 0.2) is 5.82 Å². The van der Waals surface area contributed by atoms with Crippen LogP contribution < -0.4 is 4.74 Å². The van der Waals surface area contributed by atoms with Crippen LogP contribution in [0.4, 0.5) is 9.18 Å².